The van der Waals surface area contributed by atoms with Crippen molar-refractivity contribution in [2.24, 2.45) is 0 Å². The van der Waals surface area contributed by atoms with Crippen molar-refractivity contribution >= 4 is 13.8 Å². The molecule has 0 aliphatic heterocycles. The van der Waals surface area contributed by atoms with Crippen LogP contribution in [0.15, 0.2) is 48.6 Å². The first-order valence-corrected chi connectivity index (χ1v) is 27.8. The first kappa shape index (κ1) is 61.5. The van der Waals surface area contributed by atoms with Crippen molar-refractivity contribution in [3.63, 3.8) is 0 Å². The highest BCUT2D eigenvalue weighted by Crippen LogP contribution is 2.38. The van der Waals surface area contributed by atoms with Crippen molar-refractivity contribution in [1.29, 1.82) is 0 Å². The van der Waals surface area contributed by atoms with E-state index in [0.717, 1.165) is 57.8 Å². The fourth-order valence-electron chi connectivity index (χ4n) is 7.25. The average molecular weight is 908 g/mol. The van der Waals surface area contributed by atoms with Crippen LogP contribution in [0, 0.1) is 0 Å². The molecule has 0 aliphatic carbocycles. The van der Waals surface area contributed by atoms with E-state index in [1.165, 1.54) is 154 Å². The molecule has 63 heavy (non-hydrogen) atoms. The normalized spacial score (nSPS) is 13.9. The minimum atomic E-state index is -4.54. The quantitative estimate of drug-likeness (QED) is 0.0197. The van der Waals surface area contributed by atoms with Crippen LogP contribution >= 0.6 is 7.82 Å². The Morgan fingerprint density at radius 3 is 1.35 bits per heavy atom. The zero-order chi connectivity index (χ0) is 46.2. The van der Waals surface area contributed by atoms with Gasteiger partial charge in [0.2, 0.25) is 0 Å². The van der Waals surface area contributed by atoms with E-state index in [1.807, 2.05) is 21.1 Å². The molecule has 0 spiro atoms. The van der Waals surface area contributed by atoms with Crippen LogP contribution in [0.5, 0.6) is 0 Å². The molecule has 0 aromatic carbocycles. The van der Waals surface area contributed by atoms with E-state index in [1.54, 1.807) is 0 Å². The second-order valence-electron chi connectivity index (χ2n) is 18.9. The van der Waals surface area contributed by atoms with Gasteiger partial charge >= 0.3 is 5.97 Å². The molecule has 0 N–H and O–H groups in total. The predicted molar refractivity (Wildman–Crippen MR) is 268 cm³/mol. The van der Waals surface area contributed by atoms with E-state index in [4.69, 9.17) is 18.5 Å². The number of quaternary nitrogens is 1. The Hall–Kier alpha value is -1.54. The Morgan fingerprint density at radius 2 is 0.873 bits per heavy atom. The Kier molecular flexibility index (Phi) is 45.8. The summed E-state index contributed by atoms with van der Waals surface area (Å²) < 4.78 is 34.8. The number of hydrogen-bond donors (Lipinski definition) is 0. The van der Waals surface area contributed by atoms with Crippen LogP contribution in [-0.4, -0.2) is 70.7 Å². The van der Waals surface area contributed by atoms with Gasteiger partial charge in [-0.1, -0.05) is 197 Å². The van der Waals surface area contributed by atoms with Crippen molar-refractivity contribution < 1.29 is 37.3 Å². The summed E-state index contributed by atoms with van der Waals surface area (Å²) in [4.78, 5) is 25.2. The lowest BCUT2D eigenvalue weighted by atomic mass is 10.1. The predicted octanol–water partition coefficient (Wildman–Crippen LogP) is 15.7. The minimum Gasteiger partial charge on any atom is -0.756 e. The highest BCUT2D eigenvalue weighted by atomic mass is 31.2. The van der Waals surface area contributed by atoms with Crippen LogP contribution in [0.1, 0.15) is 232 Å². The summed E-state index contributed by atoms with van der Waals surface area (Å²) in [5, 5.41) is 0. The van der Waals surface area contributed by atoms with Gasteiger partial charge in [0.05, 0.1) is 34.4 Å². The van der Waals surface area contributed by atoms with Gasteiger partial charge in [-0.3, -0.25) is 9.36 Å². The summed E-state index contributed by atoms with van der Waals surface area (Å²) >= 11 is 0. The number of allylic oxidation sites excluding steroid dienone is 8. The average Bonchev–Trinajstić information content (AvgIpc) is 3.24. The molecule has 0 aromatic heterocycles. The Balaban J connectivity index is 4.15. The van der Waals surface area contributed by atoms with Crippen LogP contribution in [0.2, 0.25) is 0 Å². The van der Waals surface area contributed by atoms with Crippen molar-refractivity contribution in [2.45, 2.75) is 238 Å². The largest absolute Gasteiger partial charge is 0.756 e. The number of hydrogen-bond acceptors (Lipinski definition) is 7. The molecule has 9 heteroatoms. The summed E-state index contributed by atoms with van der Waals surface area (Å²) in [6.07, 6.45) is 58.5. The van der Waals surface area contributed by atoms with Crippen LogP contribution < -0.4 is 4.89 Å². The van der Waals surface area contributed by atoms with E-state index in [-0.39, 0.29) is 25.8 Å². The number of unbranched alkanes of at least 4 members (excludes halogenated alkanes) is 27. The first-order chi connectivity index (χ1) is 30.6. The van der Waals surface area contributed by atoms with Crippen molar-refractivity contribution in [2.75, 3.05) is 54.1 Å². The third-order valence-electron chi connectivity index (χ3n) is 11.4. The molecule has 0 aromatic rings. The zero-order valence-electron chi connectivity index (χ0n) is 42.0. The van der Waals surface area contributed by atoms with E-state index < -0.39 is 13.9 Å². The fourth-order valence-corrected chi connectivity index (χ4v) is 7.98. The zero-order valence-corrected chi connectivity index (χ0v) is 42.9. The maximum absolute atomic E-state index is 12.7. The van der Waals surface area contributed by atoms with Crippen molar-refractivity contribution in [3.05, 3.63) is 48.6 Å². The molecule has 0 bridgehead atoms. The highest BCUT2D eigenvalue weighted by Gasteiger charge is 2.20. The Labute approximate surface area is 390 Å². The van der Waals surface area contributed by atoms with Gasteiger partial charge in [-0.2, -0.15) is 0 Å². The SMILES string of the molecule is CCCCC/C=C\C/C=C\C/C=C\CCCCCCCCC(=O)OC(COCCCCCCCCCCCC/C=C\CCCCCCCCCC)COP(=O)([O-])OCC[N+](C)(C)C. The lowest BCUT2D eigenvalue weighted by Crippen LogP contribution is -2.37. The van der Waals surface area contributed by atoms with E-state index in [2.05, 4.69) is 62.5 Å². The number of carbonyl (C=O) groups excluding carboxylic acids is 1. The first-order valence-electron chi connectivity index (χ1n) is 26.4. The molecular formula is C54H102NO7P. The van der Waals surface area contributed by atoms with Gasteiger partial charge in [0.1, 0.15) is 19.3 Å². The molecule has 0 amide bonds. The number of likely N-dealkylation sites (N-methyl/N-ethyl adjacent to an activating group) is 1. The number of nitrogens with zero attached hydrogens (tertiary/aromatic N) is 1. The third kappa shape index (κ3) is 51.3. The number of phosphoric acid groups is 1. The molecule has 0 rings (SSSR count). The summed E-state index contributed by atoms with van der Waals surface area (Å²) in [6.45, 7) is 5.39. The summed E-state index contributed by atoms with van der Waals surface area (Å²) in [7, 11) is 1.35. The lowest BCUT2D eigenvalue weighted by Gasteiger charge is -2.28. The number of ether oxygens (including phenoxy) is 2. The maximum atomic E-state index is 12.7. The smallest absolute Gasteiger partial charge is 0.306 e. The van der Waals surface area contributed by atoms with Gasteiger partial charge in [-0.15, -0.1) is 0 Å². The van der Waals surface area contributed by atoms with Gasteiger partial charge in [0, 0.05) is 13.0 Å². The van der Waals surface area contributed by atoms with E-state index in [0.29, 0.717) is 24.1 Å². The van der Waals surface area contributed by atoms with Gasteiger partial charge in [0.15, 0.2) is 0 Å². The molecule has 0 aliphatic rings. The minimum absolute atomic E-state index is 0.0222. The molecule has 8 nitrogen and oxygen atoms in total. The van der Waals surface area contributed by atoms with E-state index >= 15 is 0 Å². The molecule has 2 unspecified atom stereocenters. The fraction of sp³-hybridized carbons (Fsp3) is 0.833. The molecule has 0 saturated carbocycles. The second-order valence-corrected chi connectivity index (χ2v) is 20.3. The molecular weight excluding hydrogens is 806 g/mol. The highest BCUT2D eigenvalue weighted by molar-refractivity contribution is 7.45. The van der Waals surface area contributed by atoms with Crippen LogP contribution in [0.3, 0.4) is 0 Å². The summed E-state index contributed by atoms with van der Waals surface area (Å²) in [5.74, 6) is -0.345. The number of carbonyl (C=O) groups is 1. The number of esters is 1. The summed E-state index contributed by atoms with van der Waals surface area (Å²) in [6, 6.07) is 0. The van der Waals surface area contributed by atoms with Gasteiger partial charge in [-0.25, -0.2) is 0 Å². The standard InChI is InChI=1S/C54H102NO7P/c1-6-8-10-12-14-16-18-20-22-24-26-27-28-30-32-34-36-38-40-42-44-46-49-59-51-53(52-61-63(57,58)60-50-48-55(3,4)5)62-54(56)47-45-43-41-39-37-35-33-31-29-25-23-21-19-17-15-13-11-9-7-2/h15,17,21,23-24,26,29,31,53H,6-14,16,18-20,22,25,27-28,30,32-52H2,1-5H3/b17-15-,23-21-,26-24-,31-29-. The van der Waals surface area contributed by atoms with Crippen LogP contribution in [0.4, 0.5) is 0 Å². The molecule has 0 fully saturated rings. The Morgan fingerprint density at radius 1 is 0.492 bits per heavy atom. The van der Waals surface area contributed by atoms with Crippen molar-refractivity contribution in [1.82, 2.24) is 0 Å². The number of rotatable bonds is 49. The van der Waals surface area contributed by atoms with Crippen molar-refractivity contribution in [3.8, 4) is 0 Å². The van der Waals surface area contributed by atoms with Gasteiger partial charge in [-0.05, 0) is 77.0 Å². The topological polar surface area (TPSA) is 94.1 Å². The van der Waals surface area contributed by atoms with Gasteiger partial charge in [0.25, 0.3) is 7.82 Å². The molecule has 0 saturated heterocycles. The molecule has 370 valence electrons. The third-order valence-corrected chi connectivity index (χ3v) is 12.3. The van der Waals surface area contributed by atoms with E-state index in [9.17, 15) is 14.3 Å². The monoisotopic (exact) mass is 908 g/mol. The second kappa shape index (κ2) is 47.0. The molecule has 0 heterocycles. The Bertz CT molecular complexity index is 1150. The van der Waals surface area contributed by atoms with Gasteiger partial charge < -0.3 is 27.9 Å². The molecule has 0 radical (unpaired) electrons. The molecule has 2 atom stereocenters. The number of phosphoric ester groups is 1. The maximum Gasteiger partial charge on any atom is 0.306 e. The summed E-state index contributed by atoms with van der Waals surface area (Å²) in [5.41, 5.74) is 0. The van der Waals surface area contributed by atoms with Crippen LogP contribution in [-0.2, 0) is 27.9 Å². The van der Waals surface area contributed by atoms with Crippen LogP contribution in [0.25, 0.3) is 0 Å². The lowest BCUT2D eigenvalue weighted by molar-refractivity contribution is -0.870.